The maximum Gasteiger partial charge on any atom is 0.303 e. The Morgan fingerprint density at radius 1 is 1.00 bits per heavy atom. The second kappa shape index (κ2) is 10.3. The number of rotatable bonds is 8. The normalized spacial score (nSPS) is 15.4. The van der Waals surface area contributed by atoms with E-state index in [2.05, 4.69) is 4.90 Å². The second-order valence-corrected chi connectivity index (χ2v) is 7.43. The highest BCUT2D eigenvalue weighted by Gasteiger charge is 2.28. The summed E-state index contributed by atoms with van der Waals surface area (Å²) in [6, 6.07) is 11.1. The Bertz CT molecular complexity index is 888. The zero-order chi connectivity index (χ0) is 22.4. The Morgan fingerprint density at radius 2 is 1.58 bits per heavy atom. The van der Waals surface area contributed by atoms with E-state index in [0.29, 0.717) is 49.7 Å². The Labute approximate surface area is 181 Å². The Kier molecular flexibility index (Phi) is 7.46. The summed E-state index contributed by atoms with van der Waals surface area (Å²) in [5.41, 5.74) is 1.37. The lowest BCUT2D eigenvalue weighted by molar-refractivity contribution is -0.137. The molecule has 2 aromatic carbocycles. The first kappa shape index (κ1) is 22.6. The molecule has 1 aliphatic heterocycles. The van der Waals surface area contributed by atoms with Gasteiger partial charge in [0.15, 0.2) is 0 Å². The van der Waals surface area contributed by atoms with Gasteiger partial charge >= 0.3 is 5.97 Å². The van der Waals surface area contributed by atoms with Gasteiger partial charge in [0.05, 0.1) is 14.2 Å². The largest absolute Gasteiger partial charge is 0.497 e. The molecule has 0 spiro atoms. The van der Waals surface area contributed by atoms with Crippen LogP contribution in [-0.2, 0) is 4.79 Å². The van der Waals surface area contributed by atoms with E-state index >= 15 is 0 Å². The van der Waals surface area contributed by atoms with Gasteiger partial charge in [0.2, 0.25) is 0 Å². The van der Waals surface area contributed by atoms with Gasteiger partial charge in [-0.2, -0.15) is 0 Å². The van der Waals surface area contributed by atoms with Gasteiger partial charge in [-0.1, -0.05) is 12.1 Å². The van der Waals surface area contributed by atoms with Crippen LogP contribution in [0.3, 0.4) is 0 Å². The van der Waals surface area contributed by atoms with Gasteiger partial charge < -0.3 is 19.5 Å². The van der Waals surface area contributed by atoms with Crippen LogP contribution in [0.2, 0.25) is 0 Å². The molecule has 0 bridgehead atoms. The SMILES string of the molecule is COc1cc(OC)cc(C(=O)N2CCN([C@H](CCC(=O)O)c3ccc(F)cc3)CC2)c1. The van der Waals surface area contributed by atoms with Crippen LogP contribution >= 0.6 is 0 Å². The van der Waals surface area contributed by atoms with E-state index in [0.717, 1.165) is 5.56 Å². The molecule has 1 fully saturated rings. The van der Waals surface area contributed by atoms with Crippen molar-refractivity contribution in [2.24, 2.45) is 0 Å². The molecule has 0 aliphatic carbocycles. The number of carbonyl (C=O) groups excluding carboxylic acids is 1. The maximum absolute atomic E-state index is 13.3. The predicted molar refractivity (Wildman–Crippen MR) is 113 cm³/mol. The summed E-state index contributed by atoms with van der Waals surface area (Å²) in [6.45, 7) is 2.19. The van der Waals surface area contributed by atoms with E-state index in [-0.39, 0.29) is 24.2 Å². The molecule has 0 unspecified atom stereocenters. The number of carboxylic acid groups (broad SMARTS) is 1. The lowest BCUT2D eigenvalue weighted by Gasteiger charge is -2.39. The first-order valence-corrected chi connectivity index (χ1v) is 10.1. The molecular weight excluding hydrogens is 403 g/mol. The Morgan fingerprint density at radius 3 is 2.10 bits per heavy atom. The number of ether oxygens (including phenoxy) is 2. The number of halogens is 1. The first-order valence-electron chi connectivity index (χ1n) is 10.1. The molecule has 0 radical (unpaired) electrons. The van der Waals surface area contributed by atoms with Crippen molar-refractivity contribution < 1.29 is 28.6 Å². The smallest absolute Gasteiger partial charge is 0.303 e. The van der Waals surface area contributed by atoms with Gasteiger partial charge in [-0.05, 0) is 36.2 Å². The van der Waals surface area contributed by atoms with Gasteiger partial charge in [0, 0.05) is 50.3 Å². The van der Waals surface area contributed by atoms with E-state index in [1.807, 2.05) is 0 Å². The minimum Gasteiger partial charge on any atom is -0.497 e. The molecule has 7 nitrogen and oxygen atoms in total. The van der Waals surface area contributed by atoms with Crippen LogP contribution < -0.4 is 9.47 Å². The summed E-state index contributed by atoms with van der Waals surface area (Å²) in [5, 5.41) is 9.13. The molecule has 3 rings (SSSR count). The van der Waals surface area contributed by atoms with Crippen molar-refractivity contribution in [3.05, 3.63) is 59.4 Å². The molecule has 166 valence electrons. The van der Waals surface area contributed by atoms with E-state index in [9.17, 15) is 14.0 Å². The highest BCUT2D eigenvalue weighted by molar-refractivity contribution is 5.95. The Hall–Kier alpha value is -3.13. The van der Waals surface area contributed by atoms with Crippen molar-refractivity contribution in [2.75, 3.05) is 40.4 Å². The van der Waals surface area contributed by atoms with Gasteiger partial charge in [-0.3, -0.25) is 14.5 Å². The number of piperazine rings is 1. The molecule has 31 heavy (non-hydrogen) atoms. The lowest BCUT2D eigenvalue weighted by Crippen LogP contribution is -2.49. The highest BCUT2D eigenvalue weighted by atomic mass is 19.1. The number of aliphatic carboxylic acids is 1. The first-order chi connectivity index (χ1) is 14.9. The number of hydrogen-bond acceptors (Lipinski definition) is 5. The van der Waals surface area contributed by atoms with Gasteiger partial charge in [0.25, 0.3) is 5.91 Å². The number of benzene rings is 2. The quantitative estimate of drug-likeness (QED) is 0.693. The van der Waals surface area contributed by atoms with Crippen molar-refractivity contribution in [3.63, 3.8) is 0 Å². The molecule has 0 aromatic heterocycles. The number of carboxylic acids is 1. The summed E-state index contributed by atoms with van der Waals surface area (Å²) in [6.07, 6.45) is 0.437. The van der Waals surface area contributed by atoms with Crippen molar-refractivity contribution in [1.29, 1.82) is 0 Å². The minimum atomic E-state index is -0.868. The fourth-order valence-electron chi connectivity index (χ4n) is 3.86. The molecule has 8 heteroatoms. The van der Waals surface area contributed by atoms with Crippen molar-refractivity contribution in [3.8, 4) is 11.5 Å². The van der Waals surface area contributed by atoms with Gasteiger partial charge in [-0.25, -0.2) is 4.39 Å². The summed E-state index contributed by atoms with van der Waals surface area (Å²) < 4.78 is 23.9. The van der Waals surface area contributed by atoms with Crippen LogP contribution in [0.25, 0.3) is 0 Å². The molecular formula is C23H27FN2O5. The summed E-state index contributed by atoms with van der Waals surface area (Å²) in [4.78, 5) is 28.1. The zero-order valence-corrected chi connectivity index (χ0v) is 17.7. The van der Waals surface area contributed by atoms with Crippen LogP contribution in [0.1, 0.15) is 34.8 Å². The van der Waals surface area contributed by atoms with Crippen LogP contribution in [-0.4, -0.2) is 67.2 Å². The van der Waals surface area contributed by atoms with E-state index in [1.165, 1.54) is 26.4 Å². The highest BCUT2D eigenvalue weighted by Crippen LogP contribution is 2.28. The van der Waals surface area contributed by atoms with Gasteiger partial charge in [0.1, 0.15) is 17.3 Å². The molecule has 1 saturated heterocycles. The number of hydrogen-bond donors (Lipinski definition) is 1. The van der Waals surface area contributed by atoms with E-state index in [4.69, 9.17) is 14.6 Å². The molecule has 1 amide bonds. The molecule has 2 aromatic rings. The molecule has 1 heterocycles. The lowest BCUT2D eigenvalue weighted by atomic mass is 9.99. The third-order valence-corrected chi connectivity index (χ3v) is 5.53. The summed E-state index contributed by atoms with van der Waals surface area (Å²) in [7, 11) is 3.07. The fourth-order valence-corrected chi connectivity index (χ4v) is 3.86. The number of amides is 1. The van der Waals surface area contributed by atoms with E-state index < -0.39 is 5.97 Å². The summed E-state index contributed by atoms with van der Waals surface area (Å²) in [5.74, 6) is -0.212. The minimum absolute atomic E-state index is 0.0186. The average molecular weight is 430 g/mol. The topological polar surface area (TPSA) is 79.3 Å². The average Bonchev–Trinajstić information content (AvgIpc) is 2.79. The zero-order valence-electron chi connectivity index (χ0n) is 17.7. The summed E-state index contributed by atoms with van der Waals surface area (Å²) >= 11 is 0. The predicted octanol–water partition coefficient (Wildman–Crippen LogP) is 3.21. The monoisotopic (exact) mass is 430 g/mol. The number of carbonyl (C=O) groups is 2. The van der Waals surface area contributed by atoms with Crippen LogP contribution in [0, 0.1) is 5.82 Å². The Balaban J connectivity index is 1.70. The molecule has 0 saturated carbocycles. The third-order valence-electron chi connectivity index (χ3n) is 5.53. The number of methoxy groups -OCH3 is 2. The van der Waals surface area contributed by atoms with Crippen LogP contribution in [0.15, 0.2) is 42.5 Å². The van der Waals surface area contributed by atoms with Gasteiger partial charge in [-0.15, -0.1) is 0 Å². The maximum atomic E-state index is 13.3. The molecule has 1 aliphatic rings. The fraction of sp³-hybridized carbons (Fsp3) is 0.391. The number of nitrogens with zero attached hydrogens (tertiary/aromatic N) is 2. The second-order valence-electron chi connectivity index (χ2n) is 7.43. The molecule has 1 N–H and O–H groups in total. The molecule has 1 atom stereocenters. The third kappa shape index (κ3) is 5.73. The van der Waals surface area contributed by atoms with E-state index in [1.54, 1.807) is 35.2 Å². The standard InChI is InChI=1S/C23H27FN2O5/c1-30-19-13-17(14-20(15-19)31-2)23(29)26-11-9-25(10-12-26)21(7-8-22(27)28)16-3-5-18(24)6-4-16/h3-6,13-15,21H,7-12H2,1-2H3,(H,27,28)/t21-/m1/s1. The van der Waals surface area contributed by atoms with Crippen molar-refractivity contribution in [1.82, 2.24) is 9.80 Å². The van der Waals surface area contributed by atoms with Crippen LogP contribution in [0.5, 0.6) is 11.5 Å². The van der Waals surface area contributed by atoms with Crippen molar-refractivity contribution in [2.45, 2.75) is 18.9 Å². The van der Waals surface area contributed by atoms with Crippen molar-refractivity contribution >= 4 is 11.9 Å². The van der Waals surface area contributed by atoms with Crippen LogP contribution in [0.4, 0.5) is 4.39 Å².